The number of hydrogen-bond donors (Lipinski definition) is 0. The van der Waals surface area contributed by atoms with Crippen molar-refractivity contribution in [3.05, 3.63) is 29.8 Å². The van der Waals surface area contributed by atoms with Crippen molar-refractivity contribution >= 4 is 21.8 Å². The van der Waals surface area contributed by atoms with E-state index in [0.717, 1.165) is 44.3 Å². The van der Waals surface area contributed by atoms with Crippen LogP contribution in [0.5, 0.6) is 0 Å². The number of likely N-dealkylation sites (tertiary alicyclic amines) is 1. The Morgan fingerprint density at radius 3 is 2.31 bits per heavy atom. The highest BCUT2D eigenvalue weighted by molar-refractivity contribution is 7.90. The van der Waals surface area contributed by atoms with Crippen LogP contribution in [0.4, 0.5) is 4.79 Å². The maximum absolute atomic E-state index is 13.0. The van der Waals surface area contributed by atoms with Crippen LogP contribution in [-0.4, -0.2) is 93.8 Å². The molecule has 0 N–H and O–H groups in total. The van der Waals surface area contributed by atoms with E-state index in [1.165, 1.54) is 19.2 Å². The van der Waals surface area contributed by atoms with Crippen LogP contribution in [0.25, 0.3) is 0 Å². The number of carbonyl (C=O) groups excluding carboxylic acids is 2. The van der Waals surface area contributed by atoms with Gasteiger partial charge < -0.3 is 19.4 Å². The van der Waals surface area contributed by atoms with Gasteiger partial charge in [-0.05, 0) is 43.6 Å². The van der Waals surface area contributed by atoms with Crippen LogP contribution in [0, 0.1) is 0 Å². The lowest BCUT2D eigenvalue weighted by Gasteiger charge is -2.42. The summed E-state index contributed by atoms with van der Waals surface area (Å²) in [5.41, 5.74) is 0.776. The first-order valence-corrected chi connectivity index (χ1v) is 11.8. The van der Waals surface area contributed by atoms with Gasteiger partial charge in [-0.2, -0.15) is 0 Å². The summed E-state index contributed by atoms with van der Waals surface area (Å²) in [5, 5.41) is 0. The van der Waals surface area contributed by atoms with E-state index in [1.807, 2.05) is 4.90 Å². The molecule has 0 spiro atoms. The molecule has 160 valence electrons. The number of benzene rings is 1. The van der Waals surface area contributed by atoms with Gasteiger partial charge in [0.15, 0.2) is 9.84 Å². The molecule has 2 amide bonds. The van der Waals surface area contributed by atoms with Crippen molar-refractivity contribution in [2.24, 2.45) is 0 Å². The number of hydrogen-bond acceptors (Lipinski definition) is 6. The zero-order chi connectivity index (χ0) is 21.0. The molecule has 0 saturated carbocycles. The second-order valence-electron chi connectivity index (χ2n) is 7.76. The third-order valence-corrected chi connectivity index (χ3v) is 6.74. The molecule has 0 aromatic heterocycles. The van der Waals surface area contributed by atoms with E-state index >= 15 is 0 Å². The summed E-state index contributed by atoms with van der Waals surface area (Å²) in [6.45, 7) is 4.15. The number of carbonyl (C=O) groups is 2. The Kier molecular flexibility index (Phi) is 6.79. The minimum absolute atomic E-state index is 0.00850. The summed E-state index contributed by atoms with van der Waals surface area (Å²) in [5.74, 6) is -0.00850. The van der Waals surface area contributed by atoms with Gasteiger partial charge in [0, 0.05) is 32.4 Å². The molecule has 0 aliphatic carbocycles. The Bertz CT molecular complexity index is 834. The summed E-state index contributed by atoms with van der Waals surface area (Å²) < 4.78 is 28.1. The van der Waals surface area contributed by atoms with Crippen molar-refractivity contribution in [2.75, 3.05) is 52.6 Å². The fourth-order valence-electron chi connectivity index (χ4n) is 4.03. The molecule has 2 aliphatic rings. The van der Waals surface area contributed by atoms with Crippen molar-refractivity contribution < 1.29 is 22.7 Å². The fraction of sp³-hybridized carbons (Fsp3) is 0.600. The molecule has 2 heterocycles. The first-order valence-electron chi connectivity index (χ1n) is 9.91. The second kappa shape index (κ2) is 9.13. The van der Waals surface area contributed by atoms with E-state index in [0.29, 0.717) is 19.6 Å². The monoisotopic (exact) mass is 423 g/mol. The summed E-state index contributed by atoms with van der Waals surface area (Å²) in [6, 6.07) is 6.37. The molecule has 2 fully saturated rings. The van der Waals surface area contributed by atoms with E-state index in [2.05, 4.69) is 4.90 Å². The van der Waals surface area contributed by atoms with Gasteiger partial charge in [0.1, 0.15) is 0 Å². The van der Waals surface area contributed by atoms with Gasteiger partial charge in [0.25, 0.3) is 0 Å². The SMILES string of the molecule is COC(=O)N1CCN(C(=O)Cc2ccc(S(C)(=O)=O)cc2)[C@H](CN2CCCC2)C1. The van der Waals surface area contributed by atoms with Crippen LogP contribution in [0.15, 0.2) is 29.2 Å². The average molecular weight is 424 g/mol. The zero-order valence-corrected chi connectivity index (χ0v) is 17.9. The fourth-order valence-corrected chi connectivity index (χ4v) is 4.66. The van der Waals surface area contributed by atoms with Crippen LogP contribution in [-0.2, 0) is 25.8 Å². The number of methoxy groups -OCH3 is 1. The molecule has 1 aromatic carbocycles. The minimum atomic E-state index is -3.26. The quantitative estimate of drug-likeness (QED) is 0.702. The molecule has 3 rings (SSSR count). The van der Waals surface area contributed by atoms with Crippen LogP contribution < -0.4 is 0 Å². The predicted octanol–water partition coefficient (Wildman–Crippen LogP) is 1.01. The molecule has 0 bridgehead atoms. The van der Waals surface area contributed by atoms with Gasteiger partial charge in [-0.15, -0.1) is 0 Å². The van der Waals surface area contributed by atoms with Crippen LogP contribution in [0.2, 0.25) is 0 Å². The summed E-state index contributed by atoms with van der Waals surface area (Å²) in [7, 11) is -1.89. The number of amides is 2. The van der Waals surface area contributed by atoms with Crippen molar-refractivity contribution in [2.45, 2.75) is 30.2 Å². The third kappa shape index (κ3) is 5.48. The largest absolute Gasteiger partial charge is 0.453 e. The smallest absolute Gasteiger partial charge is 0.409 e. The lowest BCUT2D eigenvalue weighted by molar-refractivity contribution is -0.135. The van der Waals surface area contributed by atoms with Crippen molar-refractivity contribution in [3.8, 4) is 0 Å². The van der Waals surface area contributed by atoms with Gasteiger partial charge in [0.05, 0.1) is 24.5 Å². The van der Waals surface area contributed by atoms with Gasteiger partial charge >= 0.3 is 6.09 Å². The second-order valence-corrected chi connectivity index (χ2v) is 9.77. The van der Waals surface area contributed by atoms with E-state index in [4.69, 9.17) is 4.74 Å². The van der Waals surface area contributed by atoms with Crippen molar-refractivity contribution in [3.63, 3.8) is 0 Å². The van der Waals surface area contributed by atoms with Gasteiger partial charge in [-0.1, -0.05) is 12.1 Å². The first kappa shape index (κ1) is 21.6. The molecule has 9 heteroatoms. The third-order valence-electron chi connectivity index (χ3n) is 5.61. The number of ether oxygens (including phenoxy) is 1. The minimum Gasteiger partial charge on any atom is -0.453 e. The van der Waals surface area contributed by atoms with Crippen LogP contribution >= 0.6 is 0 Å². The highest BCUT2D eigenvalue weighted by Gasteiger charge is 2.34. The first-order chi connectivity index (χ1) is 13.8. The normalized spacial score (nSPS) is 20.7. The van der Waals surface area contributed by atoms with Crippen molar-refractivity contribution in [1.29, 1.82) is 0 Å². The molecular weight excluding hydrogens is 394 g/mol. The predicted molar refractivity (Wildman–Crippen MR) is 108 cm³/mol. The number of nitrogens with zero attached hydrogens (tertiary/aromatic N) is 3. The Morgan fingerprint density at radius 2 is 1.72 bits per heavy atom. The molecular formula is C20H29N3O5S. The summed E-state index contributed by atoms with van der Waals surface area (Å²) in [6.07, 6.45) is 3.33. The Balaban J connectivity index is 1.69. The number of piperazine rings is 1. The molecule has 1 aromatic rings. The lowest BCUT2D eigenvalue weighted by Crippen LogP contribution is -2.59. The van der Waals surface area contributed by atoms with E-state index in [-0.39, 0.29) is 29.4 Å². The number of rotatable bonds is 5. The number of sulfone groups is 1. The topological polar surface area (TPSA) is 87.2 Å². The highest BCUT2D eigenvalue weighted by Crippen LogP contribution is 2.18. The molecule has 0 unspecified atom stereocenters. The van der Waals surface area contributed by atoms with Gasteiger partial charge in [0.2, 0.25) is 5.91 Å². The van der Waals surface area contributed by atoms with E-state index in [1.54, 1.807) is 17.0 Å². The standard InChI is InChI=1S/C20H29N3O5S/c1-28-20(25)22-11-12-23(17(15-22)14-21-9-3-4-10-21)19(24)13-16-5-7-18(8-6-16)29(2,26)27/h5-8,17H,3-4,9-15H2,1-2H3/t17-/m1/s1. The molecule has 0 radical (unpaired) electrons. The van der Waals surface area contributed by atoms with E-state index < -0.39 is 9.84 Å². The summed E-state index contributed by atoms with van der Waals surface area (Å²) >= 11 is 0. The van der Waals surface area contributed by atoms with Gasteiger partial charge in [-0.25, -0.2) is 13.2 Å². The molecule has 1 atom stereocenters. The lowest BCUT2D eigenvalue weighted by atomic mass is 10.1. The molecule has 2 aliphatic heterocycles. The Morgan fingerprint density at radius 1 is 1.07 bits per heavy atom. The van der Waals surface area contributed by atoms with Gasteiger partial charge in [-0.3, -0.25) is 4.79 Å². The maximum atomic E-state index is 13.0. The molecule has 8 nitrogen and oxygen atoms in total. The Labute approximate surface area is 172 Å². The van der Waals surface area contributed by atoms with E-state index in [9.17, 15) is 18.0 Å². The zero-order valence-electron chi connectivity index (χ0n) is 17.0. The molecule has 29 heavy (non-hydrogen) atoms. The average Bonchev–Trinajstić information content (AvgIpc) is 3.20. The maximum Gasteiger partial charge on any atom is 0.409 e. The van der Waals surface area contributed by atoms with Crippen molar-refractivity contribution in [1.82, 2.24) is 14.7 Å². The molecule has 2 saturated heterocycles. The summed E-state index contributed by atoms with van der Waals surface area (Å²) in [4.78, 5) is 31.1. The highest BCUT2D eigenvalue weighted by atomic mass is 32.2. The Hall–Kier alpha value is -2.13. The van der Waals surface area contributed by atoms with Crippen LogP contribution in [0.1, 0.15) is 18.4 Å². The van der Waals surface area contributed by atoms with Crippen LogP contribution in [0.3, 0.4) is 0 Å².